The van der Waals surface area contributed by atoms with Crippen molar-refractivity contribution in [2.45, 2.75) is 66.0 Å². The van der Waals surface area contributed by atoms with Crippen LogP contribution in [0.1, 0.15) is 53.9 Å². The normalized spacial score (nSPS) is 17.8. The number of hydrogen-bond acceptors (Lipinski definition) is 2. The monoisotopic (exact) mass is 215 g/mol. The lowest BCUT2D eigenvalue weighted by Gasteiger charge is -2.21. The van der Waals surface area contributed by atoms with E-state index >= 15 is 0 Å². The van der Waals surface area contributed by atoms with E-state index in [1.165, 1.54) is 12.8 Å². The zero-order chi connectivity index (χ0) is 11.8. The Morgan fingerprint density at radius 1 is 1.07 bits per heavy atom. The van der Waals surface area contributed by atoms with Crippen LogP contribution in [0.3, 0.4) is 0 Å². The third-order valence-corrected chi connectivity index (χ3v) is 3.15. The Morgan fingerprint density at radius 2 is 1.67 bits per heavy atom. The van der Waals surface area contributed by atoms with Crippen LogP contribution in [0, 0.1) is 11.8 Å². The van der Waals surface area contributed by atoms with Crippen LogP contribution in [0.5, 0.6) is 0 Å². The summed E-state index contributed by atoms with van der Waals surface area (Å²) in [5.41, 5.74) is 0. The van der Waals surface area contributed by atoms with E-state index in [9.17, 15) is 5.11 Å². The second-order valence-electron chi connectivity index (χ2n) is 5.23. The van der Waals surface area contributed by atoms with Crippen LogP contribution >= 0.6 is 0 Å². The SMILES string of the molecule is CCC(C)C(O)CNC(C)CCC(C)C. The van der Waals surface area contributed by atoms with Crippen LogP contribution < -0.4 is 5.32 Å². The highest BCUT2D eigenvalue weighted by Gasteiger charge is 2.13. The minimum Gasteiger partial charge on any atom is -0.392 e. The quantitative estimate of drug-likeness (QED) is 0.652. The molecule has 2 nitrogen and oxygen atoms in total. The van der Waals surface area contributed by atoms with Gasteiger partial charge in [-0.2, -0.15) is 0 Å². The fraction of sp³-hybridized carbons (Fsp3) is 1.00. The van der Waals surface area contributed by atoms with Crippen LogP contribution in [-0.4, -0.2) is 23.8 Å². The lowest BCUT2D eigenvalue weighted by Crippen LogP contribution is -2.36. The van der Waals surface area contributed by atoms with Crippen molar-refractivity contribution < 1.29 is 5.11 Å². The molecule has 92 valence electrons. The largest absolute Gasteiger partial charge is 0.392 e. The molecule has 2 heteroatoms. The maximum atomic E-state index is 9.78. The first-order valence-corrected chi connectivity index (χ1v) is 6.38. The molecule has 0 heterocycles. The molecule has 0 aromatic rings. The highest BCUT2D eigenvalue weighted by Crippen LogP contribution is 2.09. The molecule has 0 fully saturated rings. The molecule has 0 bridgehead atoms. The summed E-state index contributed by atoms with van der Waals surface area (Å²) in [4.78, 5) is 0. The highest BCUT2D eigenvalue weighted by molar-refractivity contribution is 4.69. The lowest BCUT2D eigenvalue weighted by atomic mass is 10.0. The van der Waals surface area contributed by atoms with E-state index in [0.29, 0.717) is 12.0 Å². The Kier molecular flexibility index (Phi) is 8.07. The lowest BCUT2D eigenvalue weighted by molar-refractivity contribution is 0.109. The molecule has 3 unspecified atom stereocenters. The number of rotatable bonds is 8. The van der Waals surface area contributed by atoms with Gasteiger partial charge in [-0.05, 0) is 31.6 Å². The van der Waals surface area contributed by atoms with Gasteiger partial charge in [0.1, 0.15) is 0 Å². The molecule has 0 aliphatic carbocycles. The van der Waals surface area contributed by atoms with E-state index in [0.717, 1.165) is 18.9 Å². The highest BCUT2D eigenvalue weighted by atomic mass is 16.3. The molecule has 0 saturated heterocycles. The van der Waals surface area contributed by atoms with Crippen LogP contribution in [-0.2, 0) is 0 Å². The molecule has 0 radical (unpaired) electrons. The molecule has 0 aliphatic heterocycles. The summed E-state index contributed by atoms with van der Waals surface area (Å²) >= 11 is 0. The molecule has 0 aromatic heterocycles. The smallest absolute Gasteiger partial charge is 0.0690 e. The summed E-state index contributed by atoms with van der Waals surface area (Å²) in [6.45, 7) is 11.7. The van der Waals surface area contributed by atoms with E-state index in [1.807, 2.05) is 0 Å². The van der Waals surface area contributed by atoms with Gasteiger partial charge in [-0.25, -0.2) is 0 Å². The van der Waals surface area contributed by atoms with Crippen LogP contribution in [0.4, 0.5) is 0 Å². The van der Waals surface area contributed by atoms with Crippen molar-refractivity contribution in [1.29, 1.82) is 0 Å². The molecule has 2 N–H and O–H groups in total. The topological polar surface area (TPSA) is 32.3 Å². The van der Waals surface area contributed by atoms with Gasteiger partial charge in [0.05, 0.1) is 6.10 Å². The Bertz CT molecular complexity index is 147. The Morgan fingerprint density at radius 3 is 2.13 bits per heavy atom. The van der Waals surface area contributed by atoms with E-state index in [-0.39, 0.29) is 6.10 Å². The van der Waals surface area contributed by atoms with Crippen molar-refractivity contribution in [3.05, 3.63) is 0 Å². The zero-order valence-electron chi connectivity index (χ0n) is 11.1. The first kappa shape index (κ1) is 14.9. The first-order chi connectivity index (χ1) is 6.97. The average Bonchev–Trinajstić information content (AvgIpc) is 2.21. The maximum Gasteiger partial charge on any atom is 0.0690 e. The molecule has 0 saturated carbocycles. The van der Waals surface area contributed by atoms with Gasteiger partial charge in [-0.3, -0.25) is 0 Å². The Hall–Kier alpha value is -0.0800. The molecule has 0 rings (SSSR count). The van der Waals surface area contributed by atoms with Crippen molar-refractivity contribution in [1.82, 2.24) is 5.32 Å². The van der Waals surface area contributed by atoms with Crippen molar-refractivity contribution in [2.24, 2.45) is 11.8 Å². The molecular formula is C13H29NO. The molecule has 0 aromatic carbocycles. The van der Waals surface area contributed by atoms with E-state index < -0.39 is 0 Å². The van der Waals surface area contributed by atoms with Gasteiger partial charge in [0.2, 0.25) is 0 Å². The second kappa shape index (κ2) is 8.12. The summed E-state index contributed by atoms with van der Waals surface area (Å²) in [7, 11) is 0. The van der Waals surface area contributed by atoms with Gasteiger partial charge in [0.15, 0.2) is 0 Å². The maximum absolute atomic E-state index is 9.78. The Labute approximate surface area is 95.5 Å². The fourth-order valence-corrected chi connectivity index (χ4v) is 1.48. The van der Waals surface area contributed by atoms with E-state index in [2.05, 4.69) is 39.9 Å². The number of aliphatic hydroxyl groups excluding tert-OH is 1. The summed E-state index contributed by atoms with van der Waals surface area (Å²) in [6, 6.07) is 0.520. The van der Waals surface area contributed by atoms with Crippen LogP contribution in [0.25, 0.3) is 0 Å². The van der Waals surface area contributed by atoms with E-state index in [1.54, 1.807) is 0 Å². The minimum absolute atomic E-state index is 0.198. The molecule has 0 aliphatic rings. The first-order valence-electron chi connectivity index (χ1n) is 6.38. The number of aliphatic hydroxyl groups is 1. The molecule has 3 atom stereocenters. The summed E-state index contributed by atoms with van der Waals surface area (Å²) in [5, 5.41) is 13.2. The minimum atomic E-state index is -0.198. The van der Waals surface area contributed by atoms with Crippen LogP contribution in [0.2, 0.25) is 0 Å². The molecule has 0 spiro atoms. The van der Waals surface area contributed by atoms with Gasteiger partial charge < -0.3 is 10.4 Å². The number of nitrogens with one attached hydrogen (secondary N) is 1. The summed E-state index contributed by atoms with van der Waals surface area (Å²) < 4.78 is 0. The van der Waals surface area contributed by atoms with Gasteiger partial charge in [0, 0.05) is 12.6 Å². The van der Waals surface area contributed by atoms with E-state index in [4.69, 9.17) is 0 Å². The predicted molar refractivity (Wildman–Crippen MR) is 67.0 cm³/mol. The predicted octanol–water partition coefficient (Wildman–Crippen LogP) is 2.81. The molecule has 15 heavy (non-hydrogen) atoms. The van der Waals surface area contributed by atoms with Gasteiger partial charge in [0.25, 0.3) is 0 Å². The Balaban J connectivity index is 3.56. The standard InChI is InChI=1S/C13H29NO/c1-6-11(4)13(15)9-14-12(5)8-7-10(2)3/h10-15H,6-9H2,1-5H3. The third-order valence-electron chi connectivity index (χ3n) is 3.15. The fourth-order valence-electron chi connectivity index (χ4n) is 1.48. The van der Waals surface area contributed by atoms with Crippen molar-refractivity contribution in [3.8, 4) is 0 Å². The van der Waals surface area contributed by atoms with Gasteiger partial charge in [-0.1, -0.05) is 34.1 Å². The van der Waals surface area contributed by atoms with Crippen molar-refractivity contribution in [2.75, 3.05) is 6.54 Å². The van der Waals surface area contributed by atoms with Crippen LogP contribution in [0.15, 0.2) is 0 Å². The second-order valence-corrected chi connectivity index (χ2v) is 5.23. The van der Waals surface area contributed by atoms with Crippen molar-refractivity contribution in [3.63, 3.8) is 0 Å². The molecular weight excluding hydrogens is 186 g/mol. The zero-order valence-corrected chi connectivity index (χ0v) is 11.1. The molecule has 0 amide bonds. The van der Waals surface area contributed by atoms with Gasteiger partial charge >= 0.3 is 0 Å². The van der Waals surface area contributed by atoms with Gasteiger partial charge in [-0.15, -0.1) is 0 Å². The third kappa shape index (κ3) is 7.80. The van der Waals surface area contributed by atoms with Crippen molar-refractivity contribution >= 4 is 0 Å². The summed E-state index contributed by atoms with van der Waals surface area (Å²) in [6.07, 6.45) is 3.30. The summed E-state index contributed by atoms with van der Waals surface area (Å²) in [5.74, 6) is 1.17. The average molecular weight is 215 g/mol. The number of hydrogen-bond donors (Lipinski definition) is 2.